The van der Waals surface area contributed by atoms with Crippen molar-refractivity contribution in [3.8, 4) is 5.75 Å². The molecule has 2 fully saturated rings. The average Bonchev–Trinajstić information content (AvgIpc) is 3.25. The van der Waals surface area contributed by atoms with E-state index in [1.165, 1.54) is 0 Å². The Morgan fingerprint density at radius 2 is 1.97 bits per heavy atom. The monoisotopic (exact) mass is 403 g/mol. The molecule has 2 saturated heterocycles. The molecule has 3 aliphatic rings. The molecule has 0 spiro atoms. The highest BCUT2D eigenvalue weighted by atomic mass is 16.6. The van der Waals surface area contributed by atoms with E-state index in [4.69, 9.17) is 14.2 Å². The fourth-order valence-electron chi connectivity index (χ4n) is 4.70. The summed E-state index contributed by atoms with van der Waals surface area (Å²) in [6, 6.07) is 17.9. The highest BCUT2D eigenvalue weighted by Gasteiger charge is 2.63. The Morgan fingerprint density at radius 1 is 1.17 bits per heavy atom. The lowest BCUT2D eigenvalue weighted by Gasteiger charge is -2.26. The summed E-state index contributed by atoms with van der Waals surface area (Å²) in [6.45, 7) is 1.57. The number of hydrogen-bond acceptors (Lipinski definition) is 4. The number of carbonyl (C=O) groups excluding carboxylic acids is 1. The Kier molecular flexibility index (Phi) is 4.93. The first-order chi connectivity index (χ1) is 14.7. The molecule has 4 atom stereocenters. The van der Waals surface area contributed by atoms with Crippen LogP contribution in [0.25, 0.3) is 6.08 Å². The number of hydrogen-bond donors (Lipinski definition) is 0. The van der Waals surface area contributed by atoms with Crippen LogP contribution in [-0.2, 0) is 20.8 Å². The molecule has 2 aromatic rings. The topological polar surface area (TPSA) is 48.0 Å². The van der Waals surface area contributed by atoms with Gasteiger partial charge in [-0.3, -0.25) is 4.79 Å². The molecule has 0 bridgehead atoms. The molecule has 0 N–H and O–H groups in total. The van der Waals surface area contributed by atoms with Gasteiger partial charge in [0, 0.05) is 6.54 Å². The molecular formula is C25H25NO4. The van der Waals surface area contributed by atoms with E-state index in [0.717, 1.165) is 16.9 Å². The number of amides is 1. The largest absolute Gasteiger partial charge is 0.497 e. The van der Waals surface area contributed by atoms with Crippen LogP contribution in [0.4, 0.5) is 0 Å². The Balaban J connectivity index is 1.44. The number of nitrogens with zero attached hydrogens (tertiary/aromatic N) is 1. The minimum Gasteiger partial charge on any atom is -0.497 e. The smallest absolute Gasteiger partial charge is 0.232 e. The highest BCUT2D eigenvalue weighted by Crippen LogP contribution is 2.47. The van der Waals surface area contributed by atoms with Crippen molar-refractivity contribution in [1.82, 2.24) is 4.90 Å². The molecule has 3 aliphatic heterocycles. The maximum absolute atomic E-state index is 13.5. The third-order valence-electron chi connectivity index (χ3n) is 6.15. The van der Waals surface area contributed by atoms with Crippen LogP contribution < -0.4 is 4.74 Å². The second-order valence-corrected chi connectivity index (χ2v) is 8.03. The van der Waals surface area contributed by atoms with E-state index in [1.807, 2.05) is 71.6 Å². The lowest BCUT2D eigenvalue weighted by Crippen LogP contribution is -2.39. The molecule has 0 aromatic heterocycles. The van der Waals surface area contributed by atoms with Crippen molar-refractivity contribution < 1.29 is 19.0 Å². The van der Waals surface area contributed by atoms with Gasteiger partial charge < -0.3 is 19.1 Å². The van der Waals surface area contributed by atoms with E-state index in [9.17, 15) is 4.79 Å². The number of ether oxygens (including phenoxy) is 3. The number of benzene rings is 2. The summed E-state index contributed by atoms with van der Waals surface area (Å²) in [6.07, 6.45) is 7.69. The molecular weight excluding hydrogens is 378 g/mol. The van der Waals surface area contributed by atoms with Crippen molar-refractivity contribution in [2.75, 3.05) is 20.3 Å². The van der Waals surface area contributed by atoms with Crippen molar-refractivity contribution >= 4 is 12.0 Å². The van der Waals surface area contributed by atoms with Gasteiger partial charge in [0.25, 0.3) is 0 Å². The molecule has 154 valence electrons. The number of likely N-dealkylation sites (tertiary alicyclic amines) is 1. The van der Waals surface area contributed by atoms with Crippen molar-refractivity contribution in [2.45, 2.75) is 24.4 Å². The zero-order valence-corrected chi connectivity index (χ0v) is 16.9. The molecule has 0 saturated carbocycles. The maximum Gasteiger partial charge on any atom is 0.232 e. The molecule has 1 amide bonds. The van der Waals surface area contributed by atoms with Crippen molar-refractivity contribution in [3.63, 3.8) is 0 Å². The lowest BCUT2D eigenvalue weighted by molar-refractivity contribution is -0.135. The minimum absolute atomic E-state index is 0.0892. The second kappa shape index (κ2) is 7.74. The van der Waals surface area contributed by atoms with E-state index in [1.54, 1.807) is 7.11 Å². The molecule has 5 rings (SSSR count). The van der Waals surface area contributed by atoms with Gasteiger partial charge in [0.15, 0.2) is 0 Å². The molecule has 5 nitrogen and oxygen atoms in total. The van der Waals surface area contributed by atoms with Crippen LogP contribution in [0, 0.1) is 5.92 Å². The van der Waals surface area contributed by atoms with Crippen LogP contribution in [-0.4, -0.2) is 48.9 Å². The SMILES string of the molecule is COc1ccc(CN2C[C@]3(/C=C\c4ccccc4)O[C@H]4C=CCO[C@H]4[C@@H]3C2=O)cc1. The third kappa shape index (κ3) is 3.34. The van der Waals surface area contributed by atoms with Crippen molar-refractivity contribution in [3.05, 3.63) is 84.0 Å². The van der Waals surface area contributed by atoms with Crippen molar-refractivity contribution in [1.29, 1.82) is 0 Å². The molecule has 30 heavy (non-hydrogen) atoms. The lowest BCUT2D eigenvalue weighted by atomic mass is 9.86. The number of methoxy groups -OCH3 is 1. The number of rotatable bonds is 5. The fourth-order valence-corrected chi connectivity index (χ4v) is 4.70. The van der Waals surface area contributed by atoms with Gasteiger partial charge in [0.2, 0.25) is 5.91 Å². The first-order valence-electron chi connectivity index (χ1n) is 10.3. The van der Waals surface area contributed by atoms with Crippen LogP contribution >= 0.6 is 0 Å². The number of carbonyl (C=O) groups is 1. The summed E-state index contributed by atoms with van der Waals surface area (Å²) in [5, 5.41) is 0. The predicted octanol–water partition coefficient (Wildman–Crippen LogP) is 3.46. The average molecular weight is 403 g/mol. The quantitative estimate of drug-likeness (QED) is 0.718. The fraction of sp³-hybridized carbons (Fsp3) is 0.320. The minimum atomic E-state index is -0.691. The normalized spacial score (nSPS) is 30.0. The van der Waals surface area contributed by atoms with E-state index >= 15 is 0 Å². The molecule has 3 heterocycles. The summed E-state index contributed by atoms with van der Waals surface area (Å²) >= 11 is 0. The Hall–Kier alpha value is -2.89. The zero-order valence-electron chi connectivity index (χ0n) is 16.9. The second-order valence-electron chi connectivity index (χ2n) is 8.03. The third-order valence-corrected chi connectivity index (χ3v) is 6.15. The van der Waals surface area contributed by atoms with Gasteiger partial charge in [-0.25, -0.2) is 0 Å². The van der Waals surface area contributed by atoms with E-state index in [0.29, 0.717) is 19.7 Å². The van der Waals surface area contributed by atoms with E-state index in [-0.39, 0.29) is 24.0 Å². The van der Waals surface area contributed by atoms with Gasteiger partial charge in [0.1, 0.15) is 29.5 Å². The first-order valence-corrected chi connectivity index (χ1v) is 10.3. The summed E-state index contributed by atoms with van der Waals surface area (Å²) in [5.74, 6) is 0.552. The van der Waals surface area contributed by atoms with E-state index in [2.05, 4.69) is 12.2 Å². The molecule has 0 aliphatic carbocycles. The maximum atomic E-state index is 13.5. The van der Waals surface area contributed by atoms with Gasteiger partial charge in [0.05, 0.1) is 20.3 Å². The molecule has 0 unspecified atom stereocenters. The van der Waals surface area contributed by atoms with Gasteiger partial charge in [-0.1, -0.05) is 60.7 Å². The summed E-state index contributed by atoms with van der Waals surface area (Å²) in [4.78, 5) is 15.4. The predicted molar refractivity (Wildman–Crippen MR) is 114 cm³/mol. The Labute approximate surface area is 176 Å². The molecule has 5 heteroatoms. The highest BCUT2D eigenvalue weighted by molar-refractivity contribution is 5.85. The van der Waals surface area contributed by atoms with Gasteiger partial charge >= 0.3 is 0 Å². The van der Waals surface area contributed by atoms with Crippen LogP contribution in [0.2, 0.25) is 0 Å². The van der Waals surface area contributed by atoms with Crippen LogP contribution in [0.15, 0.2) is 72.8 Å². The van der Waals surface area contributed by atoms with Gasteiger partial charge in [-0.2, -0.15) is 0 Å². The van der Waals surface area contributed by atoms with Crippen molar-refractivity contribution in [2.24, 2.45) is 5.92 Å². The summed E-state index contributed by atoms with van der Waals surface area (Å²) in [7, 11) is 1.65. The Morgan fingerprint density at radius 3 is 2.73 bits per heavy atom. The van der Waals surface area contributed by atoms with Crippen LogP contribution in [0.5, 0.6) is 5.75 Å². The van der Waals surface area contributed by atoms with Gasteiger partial charge in [-0.15, -0.1) is 0 Å². The van der Waals surface area contributed by atoms with Crippen LogP contribution in [0.3, 0.4) is 0 Å². The number of fused-ring (bicyclic) bond motifs is 3. The first kappa shape index (κ1) is 19.1. The Bertz CT molecular complexity index is 968. The molecule has 0 radical (unpaired) electrons. The van der Waals surface area contributed by atoms with Gasteiger partial charge in [-0.05, 0) is 29.3 Å². The molecule has 2 aromatic carbocycles. The zero-order chi connectivity index (χ0) is 20.6. The van der Waals surface area contributed by atoms with Crippen LogP contribution in [0.1, 0.15) is 11.1 Å². The summed E-state index contributed by atoms with van der Waals surface area (Å²) < 4.78 is 17.7. The summed E-state index contributed by atoms with van der Waals surface area (Å²) in [5.41, 5.74) is 1.46. The standard InChI is InChI=1S/C25H25NO4/c1-28-20-11-9-19(10-12-20)16-26-17-25(14-13-18-6-3-2-4-7-18)22(24(26)27)23-21(30-25)8-5-15-29-23/h2-14,21-23H,15-17H2,1H3/b14-13-/t21-,22+,23+,25-/m0/s1. The van der Waals surface area contributed by atoms with E-state index < -0.39 is 5.60 Å².